The molecule has 0 radical (unpaired) electrons. The zero-order valence-corrected chi connectivity index (χ0v) is 33.1. The molecular formula is C48H51N7O3. The summed E-state index contributed by atoms with van der Waals surface area (Å²) in [5, 5.41) is 0. The van der Waals surface area contributed by atoms with Crippen LogP contribution in [0.4, 0.5) is 0 Å². The number of hydrogen-bond donors (Lipinski definition) is 2. The number of hydrogen-bond acceptors (Lipinski definition) is 6. The molecule has 10 nitrogen and oxygen atoms in total. The van der Waals surface area contributed by atoms with Crippen molar-refractivity contribution in [3.05, 3.63) is 144 Å². The van der Waals surface area contributed by atoms with E-state index in [1.54, 1.807) is 7.11 Å². The number of amides is 2. The second-order valence-corrected chi connectivity index (χ2v) is 15.8. The van der Waals surface area contributed by atoms with Crippen LogP contribution in [-0.4, -0.2) is 79.7 Å². The van der Waals surface area contributed by atoms with Crippen molar-refractivity contribution < 1.29 is 14.3 Å². The van der Waals surface area contributed by atoms with E-state index in [1.165, 1.54) is 6.42 Å². The SMILES string of the molecule is CO[C@H](C(=O)N1CCC[C@H]1c1ncc(-c2ccc(-c3ccc(-c4cnc([C@@H]5CCCN5C(=O)[C@@H](c5ccccc5)N5CCCCC5)[nH]4)cc3)cc2)[nH]1)c1ccccc1. The van der Waals surface area contributed by atoms with E-state index in [2.05, 4.69) is 80.4 Å². The van der Waals surface area contributed by atoms with Crippen LogP contribution < -0.4 is 0 Å². The highest BCUT2D eigenvalue weighted by atomic mass is 16.5. The average Bonchev–Trinajstić information content (AvgIpc) is 4.13. The van der Waals surface area contributed by atoms with Gasteiger partial charge in [0.25, 0.3) is 5.91 Å². The maximum Gasteiger partial charge on any atom is 0.256 e. The van der Waals surface area contributed by atoms with Crippen LogP contribution >= 0.6 is 0 Å². The van der Waals surface area contributed by atoms with Crippen molar-refractivity contribution in [2.24, 2.45) is 0 Å². The summed E-state index contributed by atoms with van der Waals surface area (Å²) < 4.78 is 5.67. The molecule has 2 amide bonds. The second kappa shape index (κ2) is 16.9. The molecular weight excluding hydrogens is 723 g/mol. The molecule has 9 rings (SSSR count). The summed E-state index contributed by atoms with van der Waals surface area (Å²) >= 11 is 0. The molecule has 2 aromatic heterocycles. The van der Waals surface area contributed by atoms with Crippen molar-refractivity contribution in [2.45, 2.75) is 69.2 Å². The summed E-state index contributed by atoms with van der Waals surface area (Å²) in [4.78, 5) is 51.1. The number of benzene rings is 4. The molecule has 4 aromatic carbocycles. The maximum atomic E-state index is 14.4. The highest BCUT2D eigenvalue weighted by Crippen LogP contribution is 2.38. The number of methoxy groups -OCH3 is 1. The third kappa shape index (κ3) is 7.62. The molecule has 3 aliphatic rings. The summed E-state index contributed by atoms with van der Waals surface area (Å²) in [5.74, 6) is 1.80. The number of H-pyrrole nitrogens is 2. The first-order valence-electron chi connectivity index (χ1n) is 20.8. The Labute approximate surface area is 340 Å². The Kier molecular flexibility index (Phi) is 11.0. The number of aromatic nitrogens is 4. The van der Waals surface area contributed by atoms with Gasteiger partial charge in [0.1, 0.15) is 17.7 Å². The van der Waals surface area contributed by atoms with Gasteiger partial charge in [0.2, 0.25) is 5.91 Å². The van der Waals surface area contributed by atoms with E-state index in [4.69, 9.17) is 14.7 Å². The van der Waals surface area contributed by atoms with Gasteiger partial charge in [-0.25, -0.2) is 9.97 Å². The Morgan fingerprint density at radius 2 is 1.03 bits per heavy atom. The lowest BCUT2D eigenvalue weighted by Crippen LogP contribution is -2.44. The van der Waals surface area contributed by atoms with Crippen molar-refractivity contribution in [1.82, 2.24) is 34.6 Å². The van der Waals surface area contributed by atoms with Crippen LogP contribution in [0.5, 0.6) is 0 Å². The third-order valence-electron chi connectivity index (χ3n) is 12.3. The summed E-state index contributed by atoms with van der Waals surface area (Å²) in [6.07, 6.45) is 10.3. The summed E-state index contributed by atoms with van der Waals surface area (Å²) in [6.45, 7) is 3.33. The first kappa shape index (κ1) is 37.7. The number of likely N-dealkylation sites (tertiary alicyclic amines) is 3. The van der Waals surface area contributed by atoms with Gasteiger partial charge in [-0.1, -0.05) is 116 Å². The Balaban J connectivity index is 0.860. The smallest absolute Gasteiger partial charge is 0.256 e. The molecule has 3 saturated heterocycles. The monoisotopic (exact) mass is 773 g/mol. The molecule has 0 spiro atoms. The number of ether oxygens (including phenoxy) is 1. The van der Waals surface area contributed by atoms with E-state index in [-0.39, 0.29) is 29.9 Å². The van der Waals surface area contributed by atoms with Crippen LogP contribution in [0.1, 0.15) is 92.0 Å². The fourth-order valence-electron chi connectivity index (χ4n) is 9.26. The molecule has 4 atom stereocenters. The van der Waals surface area contributed by atoms with Gasteiger partial charge in [-0.2, -0.15) is 0 Å². The van der Waals surface area contributed by atoms with Gasteiger partial charge in [-0.15, -0.1) is 0 Å². The van der Waals surface area contributed by atoms with Gasteiger partial charge in [0.15, 0.2) is 6.10 Å². The molecule has 3 aliphatic heterocycles. The van der Waals surface area contributed by atoms with Crippen LogP contribution in [0.3, 0.4) is 0 Å². The standard InChI is InChI=1S/C48H51N7O3/c1-58-44(38-15-7-3-8-16-38)48(57)55-30-12-18-42(55)46-50-32-40(52-46)36-25-21-34(22-26-36)33-19-23-35(24-20-33)39-31-49-45(51-39)41-17-11-29-54(41)47(56)43(37-13-5-2-6-14-37)53-27-9-4-10-28-53/h2-3,5-8,13-16,19-26,31-32,41-44H,4,9-12,17-18,27-30H2,1H3,(H,49,51)(H,50,52)/t41-,42-,43+,44-/m0/s1. The van der Waals surface area contributed by atoms with E-state index < -0.39 is 6.10 Å². The van der Waals surface area contributed by atoms with Crippen molar-refractivity contribution in [2.75, 3.05) is 33.3 Å². The molecule has 0 bridgehead atoms. The summed E-state index contributed by atoms with van der Waals surface area (Å²) in [5.41, 5.74) is 8.10. The van der Waals surface area contributed by atoms with Crippen LogP contribution in [0.15, 0.2) is 122 Å². The third-order valence-corrected chi connectivity index (χ3v) is 12.3. The molecule has 10 heteroatoms. The predicted octanol–water partition coefficient (Wildman–Crippen LogP) is 9.08. The Morgan fingerprint density at radius 3 is 1.53 bits per heavy atom. The Bertz CT molecular complexity index is 2300. The first-order chi connectivity index (χ1) is 28.6. The largest absolute Gasteiger partial charge is 0.367 e. The lowest BCUT2D eigenvalue weighted by Gasteiger charge is -2.37. The minimum atomic E-state index is -0.641. The zero-order valence-electron chi connectivity index (χ0n) is 33.1. The van der Waals surface area contributed by atoms with E-state index in [0.717, 1.165) is 115 Å². The zero-order chi connectivity index (χ0) is 39.4. The summed E-state index contributed by atoms with van der Waals surface area (Å²) in [7, 11) is 1.59. The summed E-state index contributed by atoms with van der Waals surface area (Å²) in [6, 6.07) is 36.5. The fraction of sp³-hybridized carbons (Fsp3) is 0.333. The van der Waals surface area contributed by atoms with Crippen molar-refractivity contribution in [3.63, 3.8) is 0 Å². The molecule has 5 heterocycles. The van der Waals surface area contributed by atoms with Crippen LogP contribution in [-0.2, 0) is 14.3 Å². The van der Waals surface area contributed by atoms with E-state index in [0.29, 0.717) is 6.54 Å². The lowest BCUT2D eigenvalue weighted by atomic mass is 10.00. The number of piperidine rings is 1. The number of nitrogens with one attached hydrogen (secondary N) is 2. The van der Waals surface area contributed by atoms with Crippen LogP contribution in [0.2, 0.25) is 0 Å². The molecule has 2 N–H and O–H groups in total. The quantitative estimate of drug-likeness (QED) is 0.136. The fourth-order valence-corrected chi connectivity index (χ4v) is 9.26. The minimum Gasteiger partial charge on any atom is -0.367 e. The van der Waals surface area contributed by atoms with Gasteiger partial charge in [-0.05, 0) is 85.0 Å². The number of imidazole rings is 2. The van der Waals surface area contributed by atoms with Crippen LogP contribution in [0.25, 0.3) is 33.6 Å². The van der Waals surface area contributed by atoms with E-state index in [9.17, 15) is 9.59 Å². The molecule has 296 valence electrons. The van der Waals surface area contributed by atoms with Crippen LogP contribution in [0, 0.1) is 0 Å². The Morgan fingerprint density at radius 1 is 0.569 bits per heavy atom. The molecule has 0 unspecified atom stereocenters. The molecule has 58 heavy (non-hydrogen) atoms. The normalized spacial score (nSPS) is 19.7. The molecule has 0 aliphatic carbocycles. The van der Waals surface area contributed by atoms with Crippen molar-refractivity contribution >= 4 is 11.8 Å². The van der Waals surface area contributed by atoms with Gasteiger partial charge >= 0.3 is 0 Å². The van der Waals surface area contributed by atoms with Crippen molar-refractivity contribution in [3.8, 4) is 33.6 Å². The van der Waals surface area contributed by atoms with E-state index >= 15 is 0 Å². The topological polar surface area (TPSA) is 110 Å². The predicted molar refractivity (Wildman–Crippen MR) is 225 cm³/mol. The number of carbonyl (C=O) groups excluding carboxylic acids is 2. The number of rotatable bonds is 11. The highest BCUT2D eigenvalue weighted by molar-refractivity contribution is 5.84. The van der Waals surface area contributed by atoms with Crippen molar-refractivity contribution in [1.29, 1.82) is 0 Å². The van der Waals surface area contributed by atoms with E-state index in [1.807, 2.05) is 65.8 Å². The number of aromatic amines is 2. The Hall–Kier alpha value is -5.84. The molecule has 0 saturated carbocycles. The average molecular weight is 774 g/mol. The van der Waals surface area contributed by atoms with Gasteiger partial charge in [0, 0.05) is 20.2 Å². The van der Waals surface area contributed by atoms with Gasteiger partial charge < -0.3 is 24.5 Å². The number of nitrogens with zero attached hydrogens (tertiary/aromatic N) is 5. The number of carbonyl (C=O) groups is 2. The molecule has 6 aromatic rings. The minimum absolute atomic E-state index is 0.0368. The highest BCUT2D eigenvalue weighted by Gasteiger charge is 2.39. The van der Waals surface area contributed by atoms with Gasteiger partial charge in [0.05, 0.1) is 35.9 Å². The second-order valence-electron chi connectivity index (χ2n) is 15.8. The van der Waals surface area contributed by atoms with Gasteiger partial charge in [-0.3, -0.25) is 14.5 Å². The lowest BCUT2D eigenvalue weighted by molar-refractivity contribution is -0.143. The molecule has 3 fully saturated rings. The first-order valence-corrected chi connectivity index (χ1v) is 20.8. The maximum absolute atomic E-state index is 14.4.